The molecule has 1 aromatic carbocycles. The molecule has 0 aliphatic rings. The van der Waals surface area contributed by atoms with Gasteiger partial charge in [-0.2, -0.15) is 10.4 Å². The van der Waals surface area contributed by atoms with E-state index in [1.54, 1.807) is 0 Å². The molecule has 14 heavy (non-hydrogen) atoms. The van der Waals surface area contributed by atoms with Gasteiger partial charge in [-0.1, -0.05) is 18.2 Å². The van der Waals surface area contributed by atoms with E-state index in [4.69, 9.17) is 11.0 Å². The summed E-state index contributed by atoms with van der Waals surface area (Å²) in [5, 5.41) is 12.9. The van der Waals surface area contributed by atoms with Gasteiger partial charge in [0.2, 0.25) is 0 Å². The van der Waals surface area contributed by atoms with E-state index < -0.39 is 0 Å². The van der Waals surface area contributed by atoms with Crippen molar-refractivity contribution in [3.05, 3.63) is 42.2 Å². The van der Waals surface area contributed by atoms with E-state index in [2.05, 4.69) is 5.10 Å². The standard InChI is InChI=1S/C10H8N4/c11-6-10-9(12)7-13-14(10)8-4-2-1-3-5-8/h1-5,7H,12H2. The number of rotatable bonds is 1. The van der Waals surface area contributed by atoms with Crippen molar-refractivity contribution in [2.24, 2.45) is 0 Å². The summed E-state index contributed by atoms with van der Waals surface area (Å²) in [6.07, 6.45) is 1.48. The number of para-hydroxylation sites is 1. The molecule has 0 atom stereocenters. The Hall–Kier alpha value is -2.28. The summed E-state index contributed by atoms with van der Waals surface area (Å²) in [5.41, 5.74) is 7.19. The molecule has 0 spiro atoms. The second-order valence-electron chi connectivity index (χ2n) is 2.81. The van der Waals surface area contributed by atoms with Crippen molar-refractivity contribution in [3.8, 4) is 11.8 Å². The lowest BCUT2D eigenvalue weighted by Gasteiger charge is -2.01. The molecule has 0 aliphatic carbocycles. The molecular formula is C10H8N4. The van der Waals surface area contributed by atoms with E-state index in [1.165, 1.54) is 10.9 Å². The van der Waals surface area contributed by atoms with Crippen molar-refractivity contribution in [2.45, 2.75) is 0 Å². The van der Waals surface area contributed by atoms with E-state index in [1.807, 2.05) is 36.4 Å². The van der Waals surface area contributed by atoms with Crippen LogP contribution in [0.5, 0.6) is 0 Å². The molecule has 0 radical (unpaired) electrons. The molecule has 2 N–H and O–H groups in total. The Morgan fingerprint density at radius 3 is 2.64 bits per heavy atom. The summed E-state index contributed by atoms with van der Waals surface area (Å²) in [7, 11) is 0. The molecule has 2 aromatic rings. The van der Waals surface area contributed by atoms with E-state index in [0.717, 1.165) is 5.69 Å². The normalized spacial score (nSPS) is 9.64. The number of nitriles is 1. The van der Waals surface area contributed by atoms with Gasteiger partial charge in [-0.3, -0.25) is 0 Å². The van der Waals surface area contributed by atoms with Crippen molar-refractivity contribution in [2.75, 3.05) is 5.73 Å². The third-order valence-corrected chi connectivity index (χ3v) is 1.90. The van der Waals surface area contributed by atoms with Crippen LogP contribution in [0.25, 0.3) is 5.69 Å². The van der Waals surface area contributed by atoms with Crippen LogP contribution in [0, 0.1) is 11.3 Å². The summed E-state index contributed by atoms with van der Waals surface area (Å²) in [5.74, 6) is 0. The topological polar surface area (TPSA) is 67.6 Å². The van der Waals surface area contributed by atoms with Gasteiger partial charge in [0.15, 0.2) is 5.69 Å². The van der Waals surface area contributed by atoms with Gasteiger partial charge < -0.3 is 5.73 Å². The summed E-state index contributed by atoms with van der Waals surface area (Å²) < 4.78 is 1.52. The van der Waals surface area contributed by atoms with Crippen LogP contribution in [0.1, 0.15) is 5.69 Å². The highest BCUT2D eigenvalue weighted by molar-refractivity contribution is 5.52. The fraction of sp³-hybridized carbons (Fsp3) is 0. The summed E-state index contributed by atoms with van der Waals surface area (Å²) in [6.45, 7) is 0. The first-order valence-electron chi connectivity index (χ1n) is 4.12. The number of hydrogen-bond donors (Lipinski definition) is 1. The maximum Gasteiger partial charge on any atom is 0.167 e. The highest BCUT2D eigenvalue weighted by atomic mass is 15.3. The minimum Gasteiger partial charge on any atom is -0.395 e. The monoisotopic (exact) mass is 184 g/mol. The molecule has 0 amide bonds. The molecule has 0 saturated heterocycles. The molecule has 0 unspecified atom stereocenters. The number of hydrogen-bond acceptors (Lipinski definition) is 3. The molecular weight excluding hydrogens is 176 g/mol. The maximum atomic E-state index is 8.86. The predicted octanol–water partition coefficient (Wildman–Crippen LogP) is 1.33. The van der Waals surface area contributed by atoms with Gasteiger partial charge in [0, 0.05) is 0 Å². The van der Waals surface area contributed by atoms with Crippen LogP contribution >= 0.6 is 0 Å². The third kappa shape index (κ3) is 1.21. The number of nitrogens with zero attached hydrogens (tertiary/aromatic N) is 3. The summed E-state index contributed by atoms with van der Waals surface area (Å²) in [6, 6.07) is 11.4. The lowest BCUT2D eigenvalue weighted by Crippen LogP contribution is -1.99. The first-order chi connectivity index (χ1) is 6.83. The minimum atomic E-state index is 0.371. The zero-order chi connectivity index (χ0) is 9.97. The first-order valence-corrected chi connectivity index (χ1v) is 4.12. The van der Waals surface area contributed by atoms with Crippen LogP contribution in [-0.2, 0) is 0 Å². The van der Waals surface area contributed by atoms with Gasteiger partial charge in [-0.05, 0) is 12.1 Å². The zero-order valence-electron chi connectivity index (χ0n) is 7.38. The first kappa shape index (κ1) is 8.32. The largest absolute Gasteiger partial charge is 0.395 e. The molecule has 4 heteroatoms. The van der Waals surface area contributed by atoms with Crippen molar-refractivity contribution in [1.82, 2.24) is 9.78 Å². The van der Waals surface area contributed by atoms with Crippen LogP contribution in [0.4, 0.5) is 5.69 Å². The van der Waals surface area contributed by atoms with Gasteiger partial charge in [-0.15, -0.1) is 0 Å². The second kappa shape index (κ2) is 3.23. The van der Waals surface area contributed by atoms with Crippen molar-refractivity contribution >= 4 is 5.69 Å². The fourth-order valence-corrected chi connectivity index (χ4v) is 1.24. The van der Waals surface area contributed by atoms with Crippen LogP contribution in [-0.4, -0.2) is 9.78 Å². The Morgan fingerprint density at radius 2 is 2.00 bits per heavy atom. The average molecular weight is 184 g/mol. The SMILES string of the molecule is N#Cc1c(N)cnn1-c1ccccc1. The number of nitrogens with two attached hydrogens (primary N) is 1. The molecule has 0 fully saturated rings. The smallest absolute Gasteiger partial charge is 0.167 e. The lowest BCUT2D eigenvalue weighted by atomic mass is 10.3. The van der Waals surface area contributed by atoms with E-state index >= 15 is 0 Å². The molecule has 2 rings (SSSR count). The van der Waals surface area contributed by atoms with Gasteiger partial charge in [-0.25, -0.2) is 4.68 Å². The lowest BCUT2D eigenvalue weighted by molar-refractivity contribution is 0.866. The summed E-state index contributed by atoms with van der Waals surface area (Å²) in [4.78, 5) is 0. The van der Waals surface area contributed by atoms with Crippen molar-refractivity contribution in [3.63, 3.8) is 0 Å². The second-order valence-corrected chi connectivity index (χ2v) is 2.81. The molecule has 0 saturated carbocycles. The molecule has 4 nitrogen and oxygen atoms in total. The Bertz CT molecular complexity index is 479. The highest BCUT2D eigenvalue weighted by Crippen LogP contribution is 2.14. The highest BCUT2D eigenvalue weighted by Gasteiger charge is 2.07. The molecule has 0 bridgehead atoms. The molecule has 68 valence electrons. The van der Waals surface area contributed by atoms with Gasteiger partial charge in [0.25, 0.3) is 0 Å². The molecule has 0 aliphatic heterocycles. The average Bonchev–Trinajstić information content (AvgIpc) is 2.61. The van der Waals surface area contributed by atoms with Crippen molar-refractivity contribution < 1.29 is 0 Å². The van der Waals surface area contributed by atoms with E-state index in [-0.39, 0.29) is 0 Å². The Morgan fingerprint density at radius 1 is 1.29 bits per heavy atom. The molecule has 1 heterocycles. The number of aromatic nitrogens is 2. The predicted molar refractivity (Wildman–Crippen MR) is 52.7 cm³/mol. The van der Waals surface area contributed by atoms with Crippen LogP contribution in [0.3, 0.4) is 0 Å². The Labute approximate surface area is 81.2 Å². The Balaban J connectivity index is 2.59. The van der Waals surface area contributed by atoms with Crippen LogP contribution in [0.15, 0.2) is 36.5 Å². The molecule has 1 aromatic heterocycles. The number of nitrogen functional groups attached to an aromatic ring is 1. The maximum absolute atomic E-state index is 8.86. The quantitative estimate of drug-likeness (QED) is 0.726. The number of anilines is 1. The van der Waals surface area contributed by atoms with Gasteiger partial charge >= 0.3 is 0 Å². The van der Waals surface area contributed by atoms with E-state index in [9.17, 15) is 0 Å². The number of benzene rings is 1. The van der Waals surface area contributed by atoms with Crippen LogP contribution < -0.4 is 5.73 Å². The third-order valence-electron chi connectivity index (χ3n) is 1.90. The fourth-order valence-electron chi connectivity index (χ4n) is 1.24. The zero-order valence-corrected chi connectivity index (χ0v) is 7.38. The minimum absolute atomic E-state index is 0.371. The van der Waals surface area contributed by atoms with E-state index in [0.29, 0.717) is 11.4 Å². The van der Waals surface area contributed by atoms with Gasteiger partial charge in [0.1, 0.15) is 6.07 Å². The Kier molecular flexibility index (Phi) is 1.92. The van der Waals surface area contributed by atoms with Crippen LogP contribution in [0.2, 0.25) is 0 Å². The van der Waals surface area contributed by atoms with Gasteiger partial charge in [0.05, 0.1) is 17.6 Å². The summed E-state index contributed by atoms with van der Waals surface area (Å²) >= 11 is 0. The van der Waals surface area contributed by atoms with Crippen molar-refractivity contribution in [1.29, 1.82) is 5.26 Å².